The van der Waals surface area contributed by atoms with Crippen LogP contribution in [0.3, 0.4) is 0 Å². The molecule has 1 saturated heterocycles. The first-order chi connectivity index (χ1) is 17.3. The maximum absolute atomic E-state index is 14.5. The van der Waals surface area contributed by atoms with Crippen molar-refractivity contribution in [2.24, 2.45) is 0 Å². The zero-order valence-corrected chi connectivity index (χ0v) is 21.6. The number of hydrogen-bond acceptors (Lipinski definition) is 5. The molecule has 36 heavy (non-hydrogen) atoms. The molecule has 2 atom stereocenters. The number of carbonyl (C=O) groups excluding carboxylic acids is 3. The number of amides is 4. The molecule has 1 heterocycles. The van der Waals surface area contributed by atoms with Crippen LogP contribution in [0, 0.1) is 9.39 Å². The lowest BCUT2D eigenvalue weighted by Crippen LogP contribution is -2.49. The first-order valence-electron chi connectivity index (χ1n) is 11.0. The number of urea groups is 1. The van der Waals surface area contributed by atoms with Crippen LogP contribution in [-0.2, 0) is 16.0 Å². The second-order valence-electron chi connectivity index (χ2n) is 8.01. The Bertz CT molecular complexity index is 1300. The lowest BCUT2D eigenvalue weighted by atomic mass is 10.0. The molecule has 1 fully saturated rings. The number of hydrogen-bond donors (Lipinski definition) is 2. The number of rotatable bonds is 8. The van der Waals surface area contributed by atoms with Gasteiger partial charge >= 0.3 is 6.03 Å². The normalized spacial score (nSPS) is 15.9. The maximum Gasteiger partial charge on any atom is 0.325 e. The van der Waals surface area contributed by atoms with Crippen LogP contribution in [0.4, 0.5) is 14.9 Å². The van der Waals surface area contributed by atoms with Gasteiger partial charge in [-0.3, -0.25) is 9.59 Å². The van der Waals surface area contributed by atoms with E-state index in [1.807, 2.05) is 22.6 Å². The van der Waals surface area contributed by atoms with Crippen LogP contribution >= 0.6 is 22.6 Å². The first-order valence-corrected chi connectivity index (χ1v) is 12.1. The number of benzene rings is 3. The number of ether oxygens (including phenoxy) is 2. The number of nitrogens with one attached hydrogen (secondary N) is 2. The average molecular weight is 603 g/mol. The van der Waals surface area contributed by atoms with Gasteiger partial charge in [-0.05, 0) is 70.1 Å². The highest BCUT2D eigenvalue weighted by Crippen LogP contribution is 2.29. The fraction of sp³-hybridized carbons (Fsp3) is 0.192. The summed E-state index contributed by atoms with van der Waals surface area (Å²) in [5, 5.41) is 5.18. The molecule has 8 nitrogen and oxygen atoms in total. The molecular weight excluding hydrogens is 580 g/mol. The van der Waals surface area contributed by atoms with Crippen LogP contribution in [-0.4, -0.2) is 43.0 Å². The smallest absolute Gasteiger partial charge is 0.325 e. The van der Waals surface area contributed by atoms with Gasteiger partial charge in [0, 0.05) is 9.99 Å². The van der Waals surface area contributed by atoms with Gasteiger partial charge in [-0.15, -0.1) is 0 Å². The van der Waals surface area contributed by atoms with Gasteiger partial charge in [-0.2, -0.15) is 0 Å². The summed E-state index contributed by atoms with van der Waals surface area (Å²) >= 11 is 1.96. The molecule has 4 amide bonds. The standard InChI is InChI=1S/C26H23FIN3O5/c1-35-18-10-7-15(8-11-18)23-25(33)31(26(34)30-23)21(13-16-5-3-4-6-22(16)36-2)24(32)29-20-12-9-17(28)14-19(20)27/h3-12,14,21,23H,13H2,1-2H3,(H,29,32)(H,30,34). The second-order valence-corrected chi connectivity index (χ2v) is 9.25. The highest BCUT2D eigenvalue weighted by atomic mass is 127. The number of imide groups is 1. The summed E-state index contributed by atoms with van der Waals surface area (Å²) in [4.78, 5) is 40.8. The SMILES string of the molecule is COc1ccc(C2NC(=O)N(C(Cc3ccccc3OC)C(=O)Nc3ccc(I)cc3F)C2=O)cc1. The molecule has 10 heteroatoms. The van der Waals surface area contributed by atoms with Gasteiger partial charge in [-0.25, -0.2) is 14.1 Å². The summed E-state index contributed by atoms with van der Waals surface area (Å²) in [6, 6.07) is 15.1. The summed E-state index contributed by atoms with van der Waals surface area (Å²) in [5.74, 6) is -0.836. The summed E-state index contributed by atoms with van der Waals surface area (Å²) in [6.45, 7) is 0. The van der Waals surface area contributed by atoms with Crippen molar-refractivity contribution in [2.75, 3.05) is 19.5 Å². The van der Waals surface area contributed by atoms with Crippen LogP contribution in [0.25, 0.3) is 0 Å². The Labute approximate surface area is 220 Å². The van der Waals surface area contributed by atoms with Gasteiger partial charge in [0.1, 0.15) is 29.4 Å². The van der Waals surface area contributed by atoms with Crippen molar-refractivity contribution in [3.8, 4) is 11.5 Å². The molecule has 0 aliphatic carbocycles. The second kappa shape index (κ2) is 10.9. The number of nitrogens with zero attached hydrogens (tertiary/aromatic N) is 1. The minimum Gasteiger partial charge on any atom is -0.497 e. The fourth-order valence-electron chi connectivity index (χ4n) is 4.00. The minimum atomic E-state index is -1.27. The van der Waals surface area contributed by atoms with E-state index in [9.17, 15) is 18.8 Å². The quantitative estimate of drug-likeness (QED) is 0.296. The van der Waals surface area contributed by atoms with E-state index >= 15 is 0 Å². The van der Waals surface area contributed by atoms with Crippen molar-refractivity contribution in [1.29, 1.82) is 0 Å². The molecule has 1 aliphatic heterocycles. The number of anilines is 1. The topological polar surface area (TPSA) is 97.0 Å². The van der Waals surface area contributed by atoms with Gasteiger partial charge in [0.25, 0.3) is 5.91 Å². The van der Waals surface area contributed by atoms with E-state index in [0.29, 0.717) is 26.2 Å². The predicted octanol–water partition coefficient (Wildman–Crippen LogP) is 4.29. The molecule has 186 valence electrons. The summed E-state index contributed by atoms with van der Waals surface area (Å²) in [6.07, 6.45) is -0.0314. The van der Waals surface area contributed by atoms with E-state index in [0.717, 1.165) is 4.90 Å². The predicted molar refractivity (Wildman–Crippen MR) is 139 cm³/mol. The summed E-state index contributed by atoms with van der Waals surface area (Å²) < 4.78 is 25.7. The molecule has 0 radical (unpaired) electrons. The lowest BCUT2D eigenvalue weighted by Gasteiger charge is -2.25. The Morgan fingerprint density at radius 3 is 2.47 bits per heavy atom. The molecule has 3 aromatic carbocycles. The van der Waals surface area contributed by atoms with E-state index in [4.69, 9.17) is 9.47 Å². The zero-order valence-electron chi connectivity index (χ0n) is 19.5. The third-order valence-corrected chi connectivity index (χ3v) is 6.50. The average Bonchev–Trinajstić information content (AvgIpc) is 3.17. The Morgan fingerprint density at radius 1 is 1.08 bits per heavy atom. The molecule has 0 bridgehead atoms. The van der Waals surface area contributed by atoms with Crippen LogP contribution in [0.1, 0.15) is 17.2 Å². The van der Waals surface area contributed by atoms with Gasteiger partial charge in [0.15, 0.2) is 0 Å². The number of carbonyl (C=O) groups is 3. The molecule has 2 unspecified atom stereocenters. The third kappa shape index (κ3) is 5.27. The minimum absolute atomic E-state index is 0.0314. The van der Waals surface area contributed by atoms with Crippen LogP contribution < -0.4 is 20.1 Å². The maximum atomic E-state index is 14.5. The molecular formula is C26H23FIN3O5. The number of para-hydroxylation sites is 1. The van der Waals surface area contributed by atoms with Crippen molar-refractivity contribution >= 4 is 46.1 Å². The highest BCUT2D eigenvalue weighted by molar-refractivity contribution is 14.1. The molecule has 0 aromatic heterocycles. The van der Waals surface area contributed by atoms with Crippen LogP contribution in [0.15, 0.2) is 66.7 Å². The van der Waals surface area contributed by atoms with Gasteiger partial charge in [0.2, 0.25) is 5.91 Å². The lowest BCUT2D eigenvalue weighted by molar-refractivity contribution is -0.134. The number of methoxy groups -OCH3 is 2. The third-order valence-electron chi connectivity index (χ3n) is 5.83. The Morgan fingerprint density at radius 2 is 1.81 bits per heavy atom. The largest absolute Gasteiger partial charge is 0.497 e. The Hall–Kier alpha value is -3.67. The molecule has 2 N–H and O–H groups in total. The Kier molecular flexibility index (Phi) is 7.73. The van der Waals surface area contributed by atoms with E-state index in [2.05, 4.69) is 10.6 Å². The zero-order chi connectivity index (χ0) is 25.8. The highest BCUT2D eigenvalue weighted by Gasteiger charge is 2.45. The van der Waals surface area contributed by atoms with Crippen molar-refractivity contribution < 1.29 is 28.2 Å². The first kappa shape index (κ1) is 25.4. The van der Waals surface area contributed by atoms with E-state index in [1.54, 1.807) is 54.6 Å². The fourth-order valence-corrected chi connectivity index (χ4v) is 4.45. The Balaban J connectivity index is 1.67. The van der Waals surface area contributed by atoms with Gasteiger partial charge in [-0.1, -0.05) is 30.3 Å². The molecule has 0 spiro atoms. The summed E-state index contributed by atoms with van der Waals surface area (Å²) in [5.41, 5.74) is 1.10. The molecule has 1 aliphatic rings. The van der Waals surface area contributed by atoms with Gasteiger partial charge < -0.3 is 20.1 Å². The molecule has 4 rings (SSSR count). The van der Waals surface area contributed by atoms with Crippen LogP contribution in [0.5, 0.6) is 11.5 Å². The van der Waals surface area contributed by atoms with E-state index in [-0.39, 0.29) is 12.1 Å². The summed E-state index contributed by atoms with van der Waals surface area (Å²) in [7, 11) is 3.01. The van der Waals surface area contributed by atoms with E-state index in [1.165, 1.54) is 26.4 Å². The van der Waals surface area contributed by atoms with Gasteiger partial charge in [0.05, 0.1) is 19.9 Å². The van der Waals surface area contributed by atoms with Crippen molar-refractivity contribution in [1.82, 2.24) is 10.2 Å². The molecule has 3 aromatic rings. The van der Waals surface area contributed by atoms with Crippen molar-refractivity contribution in [3.63, 3.8) is 0 Å². The van der Waals surface area contributed by atoms with E-state index < -0.39 is 35.7 Å². The van der Waals surface area contributed by atoms with Crippen molar-refractivity contribution in [3.05, 3.63) is 87.2 Å². The molecule has 0 saturated carbocycles. The van der Waals surface area contributed by atoms with Crippen molar-refractivity contribution in [2.45, 2.75) is 18.5 Å². The monoisotopic (exact) mass is 603 g/mol. The van der Waals surface area contributed by atoms with Crippen LogP contribution in [0.2, 0.25) is 0 Å². The number of halogens is 2.